The molecular weight excluding hydrogens is 324 g/mol. The highest BCUT2D eigenvalue weighted by Gasteiger charge is 2.08. The Morgan fingerprint density at radius 2 is 1.69 bits per heavy atom. The fourth-order valence-electron chi connectivity index (χ4n) is 2.58. The molecule has 2 aromatic rings. The van der Waals surface area contributed by atoms with Crippen LogP contribution in [0.4, 0.5) is 0 Å². The van der Waals surface area contributed by atoms with Crippen molar-refractivity contribution in [3.63, 3.8) is 0 Å². The number of carbonyl (C=O) groups excluding carboxylic acids is 1. The third-order valence-electron chi connectivity index (χ3n) is 4.28. The number of rotatable bonds is 10. The molecule has 0 fully saturated rings. The van der Waals surface area contributed by atoms with E-state index < -0.39 is 0 Å². The molecule has 0 amide bonds. The van der Waals surface area contributed by atoms with Gasteiger partial charge < -0.3 is 9.47 Å². The first-order chi connectivity index (χ1) is 12.7. The number of unbranched alkanes of at least 4 members (excludes halogenated alkanes) is 1. The van der Waals surface area contributed by atoms with Gasteiger partial charge in [0.1, 0.15) is 11.5 Å². The Morgan fingerprint density at radius 1 is 1.00 bits per heavy atom. The summed E-state index contributed by atoms with van der Waals surface area (Å²) in [5.41, 5.74) is 0.931. The van der Waals surface area contributed by atoms with Gasteiger partial charge in [0.05, 0.1) is 6.61 Å². The molecule has 0 bridgehead atoms. The third kappa shape index (κ3) is 7.14. The molecule has 0 saturated heterocycles. The molecule has 26 heavy (non-hydrogen) atoms. The van der Waals surface area contributed by atoms with Gasteiger partial charge in [-0.15, -0.1) is 0 Å². The molecule has 0 aliphatic heterocycles. The molecule has 0 heterocycles. The van der Waals surface area contributed by atoms with Crippen molar-refractivity contribution in [2.24, 2.45) is 5.92 Å². The summed E-state index contributed by atoms with van der Waals surface area (Å²) in [7, 11) is 0. The first-order valence-corrected chi connectivity index (χ1v) is 9.39. The van der Waals surface area contributed by atoms with Crippen LogP contribution >= 0.6 is 0 Å². The number of hydrogen-bond acceptors (Lipinski definition) is 3. The van der Waals surface area contributed by atoms with Crippen LogP contribution < -0.4 is 4.74 Å². The number of carbonyl (C=O) groups is 1. The van der Waals surface area contributed by atoms with Gasteiger partial charge in [0.15, 0.2) is 0 Å². The Kier molecular flexibility index (Phi) is 8.47. The lowest BCUT2D eigenvalue weighted by molar-refractivity contribution is -0.139. The van der Waals surface area contributed by atoms with E-state index in [9.17, 15) is 4.79 Å². The molecule has 2 rings (SSSR count). The van der Waals surface area contributed by atoms with E-state index in [-0.39, 0.29) is 5.97 Å². The van der Waals surface area contributed by atoms with Gasteiger partial charge in [-0.1, -0.05) is 63.4 Å². The highest BCUT2D eigenvalue weighted by molar-refractivity contribution is 5.87. The highest BCUT2D eigenvalue weighted by atomic mass is 16.5. The lowest BCUT2D eigenvalue weighted by Gasteiger charge is -2.13. The smallest absolute Gasteiger partial charge is 0.330 e. The summed E-state index contributed by atoms with van der Waals surface area (Å²) in [5, 5.41) is 0. The van der Waals surface area contributed by atoms with Crippen molar-refractivity contribution in [3.05, 3.63) is 66.2 Å². The zero-order valence-electron chi connectivity index (χ0n) is 15.7. The van der Waals surface area contributed by atoms with Crippen LogP contribution in [0.1, 0.15) is 45.1 Å². The summed E-state index contributed by atoms with van der Waals surface area (Å²) in [6, 6.07) is 17.2. The Labute approximate surface area is 156 Å². The van der Waals surface area contributed by atoms with E-state index in [2.05, 4.69) is 13.8 Å². The summed E-state index contributed by atoms with van der Waals surface area (Å²) < 4.78 is 11.1. The Hall–Kier alpha value is -2.55. The number of ether oxygens (including phenoxy) is 2. The molecule has 0 radical (unpaired) electrons. The Balaban J connectivity index is 1.81. The van der Waals surface area contributed by atoms with Gasteiger partial charge in [0.2, 0.25) is 0 Å². The van der Waals surface area contributed by atoms with Crippen LogP contribution in [-0.4, -0.2) is 12.6 Å². The highest BCUT2D eigenvalue weighted by Crippen LogP contribution is 2.21. The van der Waals surface area contributed by atoms with Crippen molar-refractivity contribution in [2.45, 2.75) is 39.5 Å². The maximum Gasteiger partial charge on any atom is 0.330 e. The third-order valence-corrected chi connectivity index (χ3v) is 4.28. The van der Waals surface area contributed by atoms with Crippen LogP contribution in [0.15, 0.2) is 60.7 Å². The van der Waals surface area contributed by atoms with Crippen molar-refractivity contribution >= 4 is 12.0 Å². The largest absolute Gasteiger partial charge is 0.462 e. The molecular formula is C23H28O3. The van der Waals surface area contributed by atoms with Gasteiger partial charge in [-0.2, -0.15) is 0 Å². The van der Waals surface area contributed by atoms with Gasteiger partial charge in [-0.3, -0.25) is 0 Å². The van der Waals surface area contributed by atoms with Gasteiger partial charge >= 0.3 is 5.97 Å². The number of para-hydroxylation sites is 1. The molecule has 0 aliphatic rings. The predicted octanol–water partition coefficient (Wildman–Crippen LogP) is 6.25. The fourth-order valence-corrected chi connectivity index (χ4v) is 2.58. The van der Waals surface area contributed by atoms with Crippen molar-refractivity contribution in [2.75, 3.05) is 6.61 Å². The summed E-state index contributed by atoms with van der Waals surface area (Å²) >= 11 is 0. The van der Waals surface area contributed by atoms with E-state index in [1.807, 2.05) is 54.6 Å². The van der Waals surface area contributed by atoms with Crippen molar-refractivity contribution in [3.8, 4) is 11.5 Å². The quantitative estimate of drug-likeness (QED) is 0.374. The normalized spacial score (nSPS) is 12.1. The van der Waals surface area contributed by atoms with Crippen LogP contribution in [0.3, 0.4) is 0 Å². The standard InChI is InChI=1S/C23H28O3/c1-3-5-9-19(4-2)18-25-23(24)17-14-20-12-15-22(16-13-20)26-21-10-7-6-8-11-21/h6-8,10-17,19H,3-5,9,18H2,1-2H3/b17-14+. The van der Waals surface area contributed by atoms with Crippen molar-refractivity contribution < 1.29 is 14.3 Å². The summed E-state index contributed by atoms with van der Waals surface area (Å²) in [5.74, 6) is 1.73. The molecule has 3 heteroatoms. The van der Waals surface area contributed by atoms with Crippen LogP contribution in [0.25, 0.3) is 6.08 Å². The average molecular weight is 352 g/mol. The first kappa shape index (κ1) is 19.8. The van der Waals surface area contributed by atoms with Crippen LogP contribution in [0.2, 0.25) is 0 Å². The average Bonchev–Trinajstić information content (AvgIpc) is 2.68. The van der Waals surface area contributed by atoms with E-state index in [4.69, 9.17) is 9.47 Å². The Bertz CT molecular complexity index is 674. The number of benzene rings is 2. The second-order valence-electron chi connectivity index (χ2n) is 6.36. The first-order valence-electron chi connectivity index (χ1n) is 9.39. The minimum absolute atomic E-state index is 0.287. The van der Waals surface area contributed by atoms with Crippen molar-refractivity contribution in [1.82, 2.24) is 0 Å². The summed E-state index contributed by atoms with van der Waals surface area (Å²) in [6.45, 7) is 4.82. The van der Waals surface area contributed by atoms with Crippen LogP contribution in [0.5, 0.6) is 11.5 Å². The number of hydrogen-bond donors (Lipinski definition) is 0. The zero-order valence-corrected chi connectivity index (χ0v) is 15.7. The van der Waals surface area contributed by atoms with Gasteiger partial charge in [-0.25, -0.2) is 4.79 Å². The molecule has 2 aromatic carbocycles. The molecule has 1 unspecified atom stereocenters. The van der Waals surface area contributed by atoms with Gasteiger partial charge in [0, 0.05) is 6.08 Å². The molecule has 3 nitrogen and oxygen atoms in total. The second-order valence-corrected chi connectivity index (χ2v) is 6.36. The van der Waals surface area contributed by atoms with E-state index in [1.165, 1.54) is 18.9 Å². The lowest BCUT2D eigenvalue weighted by atomic mass is 10.0. The molecule has 0 N–H and O–H groups in total. The molecule has 0 aromatic heterocycles. The van der Waals surface area contributed by atoms with Crippen LogP contribution in [-0.2, 0) is 9.53 Å². The minimum Gasteiger partial charge on any atom is -0.462 e. The topological polar surface area (TPSA) is 35.5 Å². The molecule has 138 valence electrons. The summed E-state index contributed by atoms with van der Waals surface area (Å²) in [6.07, 6.45) is 7.77. The monoisotopic (exact) mass is 352 g/mol. The van der Waals surface area contributed by atoms with Gasteiger partial charge in [-0.05, 0) is 48.2 Å². The predicted molar refractivity (Wildman–Crippen MR) is 106 cm³/mol. The van der Waals surface area contributed by atoms with E-state index >= 15 is 0 Å². The molecule has 0 aliphatic carbocycles. The lowest BCUT2D eigenvalue weighted by Crippen LogP contribution is -2.12. The fraction of sp³-hybridized carbons (Fsp3) is 0.348. The molecule has 0 saturated carbocycles. The van der Waals surface area contributed by atoms with Gasteiger partial charge in [0.25, 0.3) is 0 Å². The van der Waals surface area contributed by atoms with E-state index in [1.54, 1.807) is 6.08 Å². The SMILES string of the molecule is CCCCC(CC)COC(=O)/C=C/c1ccc(Oc2ccccc2)cc1. The maximum absolute atomic E-state index is 11.9. The Morgan fingerprint density at radius 3 is 2.35 bits per heavy atom. The van der Waals surface area contributed by atoms with E-state index in [0.29, 0.717) is 12.5 Å². The molecule has 0 spiro atoms. The van der Waals surface area contributed by atoms with E-state index in [0.717, 1.165) is 29.9 Å². The molecule has 1 atom stereocenters. The van der Waals surface area contributed by atoms with Crippen LogP contribution in [0, 0.1) is 5.92 Å². The summed E-state index contributed by atoms with van der Waals surface area (Å²) in [4.78, 5) is 11.9. The maximum atomic E-state index is 11.9. The second kappa shape index (κ2) is 11.1. The zero-order chi connectivity index (χ0) is 18.6. The number of esters is 1. The minimum atomic E-state index is -0.287. The van der Waals surface area contributed by atoms with Crippen molar-refractivity contribution in [1.29, 1.82) is 0 Å².